The lowest BCUT2D eigenvalue weighted by Crippen LogP contribution is -2.76. The van der Waals surface area contributed by atoms with Crippen LogP contribution in [0.2, 0.25) is 193 Å². The molecular weight excluding hydrogens is 757 g/mol. The molecule has 0 unspecified atom stereocenters. The zero-order valence-corrected chi connectivity index (χ0v) is 50.6. The van der Waals surface area contributed by atoms with Crippen molar-refractivity contribution in [2.75, 3.05) is 0 Å². The summed E-state index contributed by atoms with van der Waals surface area (Å²) in [5.41, 5.74) is 1.92. The lowest BCUT2D eigenvalue weighted by atomic mass is 10.6. The van der Waals surface area contributed by atoms with Gasteiger partial charge in [0.25, 0.3) is 0 Å². The van der Waals surface area contributed by atoms with Crippen LogP contribution < -0.4 is 0 Å². The average Bonchev–Trinajstić information content (AvgIpc) is 3.15. The van der Waals surface area contributed by atoms with Crippen molar-refractivity contribution in [3.05, 3.63) is 0 Å². The molecule has 0 N–H and O–H groups in total. The van der Waals surface area contributed by atoms with Crippen molar-refractivity contribution in [3.8, 4) is 0 Å². The fourth-order valence-corrected chi connectivity index (χ4v) is 283. The summed E-state index contributed by atoms with van der Waals surface area (Å²) >= 11 is 0. The van der Waals surface area contributed by atoms with E-state index < -0.39 is 86.9 Å². The molecule has 12 heteroatoms. The molecule has 0 radical (unpaired) electrons. The quantitative estimate of drug-likeness (QED) is 0.144. The van der Waals surface area contributed by atoms with Crippen LogP contribution in [-0.2, 0) is 0 Å². The second kappa shape index (κ2) is 13.4. The first-order valence-electron chi connectivity index (χ1n) is 19.8. The molecule has 0 aromatic carbocycles. The van der Waals surface area contributed by atoms with E-state index in [4.69, 9.17) is 0 Å². The minimum Gasteiger partial charge on any atom is -0.274 e. The minimum absolute atomic E-state index is 0.582. The summed E-state index contributed by atoms with van der Waals surface area (Å²) in [4.78, 5) is 3.49. The largest absolute Gasteiger partial charge is 0.274 e. The predicted octanol–water partition coefficient (Wildman–Crippen LogP) is 13.7. The van der Waals surface area contributed by atoms with E-state index in [2.05, 4.69) is 191 Å². The van der Waals surface area contributed by atoms with E-state index in [1.54, 1.807) is 0 Å². The Morgan fingerprint density at radius 1 is 0.426 bits per heavy atom. The van der Waals surface area contributed by atoms with Crippen LogP contribution in [0.15, 0.2) is 0 Å². The molecule has 1 heterocycles. The molecular formula is C35H93Si12-. The maximum Gasteiger partial charge on any atom is 0.0418 e. The summed E-state index contributed by atoms with van der Waals surface area (Å²) in [5, 5.41) is 0. The molecule has 282 valence electrons. The van der Waals surface area contributed by atoms with Crippen molar-refractivity contribution < 1.29 is 0 Å². The number of hydrogen-bond donors (Lipinski definition) is 0. The van der Waals surface area contributed by atoms with E-state index in [0.717, 1.165) is 24.6 Å². The smallest absolute Gasteiger partial charge is 0.0418 e. The Morgan fingerprint density at radius 3 is 0.830 bits per heavy atom. The third-order valence-electron chi connectivity index (χ3n) is 13.5. The van der Waals surface area contributed by atoms with E-state index in [0.29, 0.717) is 8.55 Å². The van der Waals surface area contributed by atoms with Gasteiger partial charge >= 0.3 is 0 Å². The molecule has 0 amide bonds. The van der Waals surface area contributed by atoms with E-state index in [9.17, 15) is 0 Å². The molecule has 1 fully saturated rings. The standard InChI is InChI=1S/C35H93Si12/c1-30(2)46(32(37(5,6)7)38(8,9)10,33(39(11,12)13)40(14,15)16)36-45(29)35(43(23,24)25,44(26,27)28)47(45,31(3)4)34(41(17,18)19)42(20,21)22/h30-34,36H,1-29H3/q-1/t45-,47+/m0/s1. The molecule has 0 aromatic rings. The van der Waals surface area contributed by atoms with Gasteiger partial charge in [0.15, 0.2) is 0 Å². The first-order chi connectivity index (χ1) is 19.9. The molecule has 1 aliphatic rings. The number of rotatable bonds is 15. The zero-order chi connectivity index (χ0) is 38.6. The van der Waals surface area contributed by atoms with Gasteiger partial charge in [0, 0.05) is 72.2 Å². The molecule has 0 saturated carbocycles. The lowest BCUT2D eigenvalue weighted by molar-refractivity contribution is 0.990. The Kier molecular flexibility index (Phi) is 13.6. The van der Waals surface area contributed by atoms with Gasteiger partial charge in [-0.1, -0.05) is 221 Å². The molecule has 1 rings (SSSR count). The van der Waals surface area contributed by atoms with Crippen molar-refractivity contribution >= 4 is 95.4 Å². The van der Waals surface area contributed by atoms with Crippen molar-refractivity contribution in [2.24, 2.45) is 0 Å². The highest BCUT2D eigenvalue weighted by molar-refractivity contribution is 7.94. The van der Waals surface area contributed by atoms with Gasteiger partial charge in [-0.05, 0) is 0 Å². The first-order valence-corrected chi connectivity index (χ1v) is 59.8. The molecule has 0 aromatic heterocycles. The maximum absolute atomic E-state index is 3.31. The van der Waals surface area contributed by atoms with Crippen LogP contribution in [0.5, 0.6) is 0 Å². The minimum atomic E-state index is -1.79. The monoisotopic (exact) mass is 849 g/mol. The third-order valence-corrected chi connectivity index (χ3v) is 149. The predicted molar refractivity (Wildman–Crippen MR) is 261 cm³/mol. The normalized spacial score (nSPS) is 24.4. The summed E-state index contributed by atoms with van der Waals surface area (Å²) in [7, 11) is -16.3. The average molecular weight is 851 g/mol. The molecule has 0 spiro atoms. The molecule has 1 aliphatic heterocycles. The van der Waals surface area contributed by atoms with Crippen molar-refractivity contribution in [3.63, 3.8) is 0 Å². The zero-order valence-electron chi connectivity index (χ0n) is 38.5. The Bertz CT molecular complexity index is 1000. The van der Waals surface area contributed by atoms with E-state index in [1.807, 2.05) is 0 Å². The SMILES string of the molecule is CC(C)[Si]([SiH-][Si@]1(C)C([Si](C)(C)C)([Si](C)(C)C)[Si@@]1(C(C)C)C([Si](C)(C)C)[Si](C)(C)C)(C([Si](C)(C)C)[Si](C)(C)C)C([Si](C)(C)C)[Si](C)(C)C. The van der Waals surface area contributed by atoms with E-state index in [-0.39, 0.29) is 0 Å². The molecule has 0 nitrogen and oxygen atoms in total. The Morgan fingerprint density at radius 2 is 0.681 bits per heavy atom. The van der Waals surface area contributed by atoms with Gasteiger partial charge in [-0.15, -0.1) is 14.7 Å². The van der Waals surface area contributed by atoms with Gasteiger partial charge in [-0.25, -0.2) is 0 Å². The van der Waals surface area contributed by atoms with Gasteiger partial charge in [-0.2, -0.15) is 0 Å². The summed E-state index contributed by atoms with van der Waals surface area (Å²) in [6.07, 6.45) is 0. The van der Waals surface area contributed by atoms with Crippen LogP contribution in [0.4, 0.5) is 0 Å². The van der Waals surface area contributed by atoms with Crippen LogP contribution in [0, 0.1) is 0 Å². The molecule has 2 atom stereocenters. The fourth-order valence-electron chi connectivity index (χ4n) is 16.8. The van der Waals surface area contributed by atoms with Gasteiger partial charge in [0.1, 0.15) is 0 Å². The van der Waals surface area contributed by atoms with Crippen molar-refractivity contribution in [1.29, 1.82) is 0 Å². The highest BCUT2D eigenvalue weighted by Crippen LogP contribution is 2.84. The van der Waals surface area contributed by atoms with Gasteiger partial charge in [-0.3, -0.25) is 8.55 Å². The summed E-state index contributed by atoms with van der Waals surface area (Å²) in [6, 6.07) is 0. The van der Waals surface area contributed by atoms with Gasteiger partial charge in [0.2, 0.25) is 0 Å². The highest BCUT2D eigenvalue weighted by atomic mass is 29.8. The van der Waals surface area contributed by atoms with Crippen LogP contribution in [0.25, 0.3) is 0 Å². The Balaban J connectivity index is 5.01. The van der Waals surface area contributed by atoms with Crippen LogP contribution >= 0.6 is 0 Å². The second-order valence-corrected chi connectivity index (χ2v) is 106. The van der Waals surface area contributed by atoms with Crippen LogP contribution in [-0.4, -0.2) is 95.4 Å². The first kappa shape index (κ1) is 47.6. The van der Waals surface area contributed by atoms with E-state index >= 15 is 0 Å². The van der Waals surface area contributed by atoms with Crippen LogP contribution in [0.3, 0.4) is 0 Å². The molecule has 1 saturated heterocycles. The third kappa shape index (κ3) is 7.63. The summed E-state index contributed by atoms with van der Waals surface area (Å²) < 4.78 is 0.870. The lowest BCUT2D eigenvalue weighted by Gasteiger charge is -2.70. The maximum atomic E-state index is 3.31. The Labute approximate surface area is 313 Å². The number of hydrogen-bond acceptors (Lipinski definition) is 0. The van der Waals surface area contributed by atoms with E-state index in [1.165, 1.54) is 4.79 Å². The summed E-state index contributed by atoms with van der Waals surface area (Å²) in [6.45, 7) is 84.8. The van der Waals surface area contributed by atoms with Gasteiger partial charge < -0.3 is 0 Å². The molecule has 0 aliphatic carbocycles. The molecule has 0 bridgehead atoms. The van der Waals surface area contributed by atoms with Crippen molar-refractivity contribution in [2.45, 2.75) is 221 Å². The van der Waals surface area contributed by atoms with Crippen LogP contribution in [0.1, 0.15) is 27.7 Å². The second-order valence-electron chi connectivity index (χ2n) is 26.3. The van der Waals surface area contributed by atoms with Crippen molar-refractivity contribution in [1.82, 2.24) is 0 Å². The van der Waals surface area contributed by atoms with Gasteiger partial charge in [0.05, 0.1) is 0 Å². The Hall–Kier alpha value is 2.60. The highest BCUT2D eigenvalue weighted by Gasteiger charge is 2.90. The fraction of sp³-hybridized carbons (Fsp3) is 1.00. The topological polar surface area (TPSA) is 0 Å². The molecule has 47 heavy (non-hydrogen) atoms. The summed E-state index contributed by atoms with van der Waals surface area (Å²) in [5.74, 6) is 0.